The van der Waals surface area contributed by atoms with Gasteiger partial charge in [0.15, 0.2) is 6.21 Å². The molecule has 0 spiro atoms. The Hall–Kier alpha value is -2.81. The van der Waals surface area contributed by atoms with Gasteiger partial charge in [0.25, 0.3) is 0 Å². The molecule has 0 aliphatic carbocycles. The number of hydrogen-bond acceptors (Lipinski definition) is 2. The van der Waals surface area contributed by atoms with Crippen LogP contribution in [-0.4, -0.2) is 18.1 Å². The minimum Gasteiger partial charge on any atom is -0.618 e. The van der Waals surface area contributed by atoms with Crippen LogP contribution >= 0.6 is 0 Å². The average Bonchev–Trinajstić information content (AvgIpc) is 2.55. The molecule has 0 saturated heterocycles. The lowest BCUT2D eigenvalue weighted by molar-refractivity contribution is -0.354. The minimum atomic E-state index is 0.598. The number of rotatable bonds is 3. The van der Waals surface area contributed by atoms with Gasteiger partial charge in [-0.2, -0.15) is 4.74 Å². The van der Waals surface area contributed by atoms with E-state index in [9.17, 15) is 5.21 Å². The van der Waals surface area contributed by atoms with E-state index in [4.69, 9.17) is 4.74 Å². The van der Waals surface area contributed by atoms with Crippen LogP contribution < -0.4 is 4.74 Å². The van der Waals surface area contributed by atoms with Crippen molar-refractivity contribution in [3.05, 3.63) is 77.0 Å². The second-order valence-electron chi connectivity index (χ2n) is 5.19. The number of fused-ring (bicyclic) bond motifs is 1. The van der Waals surface area contributed by atoms with Gasteiger partial charge in [-0.15, -0.1) is 0 Å². The van der Waals surface area contributed by atoms with E-state index in [1.54, 1.807) is 13.3 Å². The van der Waals surface area contributed by atoms with E-state index in [-0.39, 0.29) is 0 Å². The molecular formula is C19H17NO2. The molecule has 3 rings (SSSR count). The summed E-state index contributed by atoms with van der Waals surface area (Å²) >= 11 is 0. The molecule has 110 valence electrons. The van der Waals surface area contributed by atoms with E-state index >= 15 is 0 Å². The quantitative estimate of drug-likeness (QED) is 0.310. The molecule has 3 aromatic carbocycles. The fourth-order valence-corrected chi connectivity index (χ4v) is 2.47. The lowest BCUT2D eigenvalue weighted by atomic mass is 10.0. The Labute approximate surface area is 129 Å². The van der Waals surface area contributed by atoms with Gasteiger partial charge in [-0.3, -0.25) is 0 Å². The number of benzene rings is 3. The predicted molar refractivity (Wildman–Crippen MR) is 90.1 cm³/mol. The van der Waals surface area contributed by atoms with Gasteiger partial charge in [-0.05, 0) is 23.8 Å². The SMILES string of the molecule is COc1ccc2ccccc2c1/C=[N+](\[O-])c1ccc(C)cc1. The third kappa shape index (κ3) is 2.66. The summed E-state index contributed by atoms with van der Waals surface area (Å²) < 4.78 is 6.29. The van der Waals surface area contributed by atoms with Crippen LogP contribution in [0.15, 0.2) is 60.7 Å². The van der Waals surface area contributed by atoms with E-state index in [0.717, 1.165) is 26.6 Å². The first kappa shape index (κ1) is 14.1. The van der Waals surface area contributed by atoms with Crippen molar-refractivity contribution < 1.29 is 9.48 Å². The van der Waals surface area contributed by atoms with E-state index in [2.05, 4.69) is 0 Å². The number of hydrogen-bond donors (Lipinski definition) is 0. The third-order valence-corrected chi connectivity index (χ3v) is 3.69. The zero-order chi connectivity index (χ0) is 15.5. The molecule has 0 heterocycles. The number of aryl methyl sites for hydroxylation is 1. The van der Waals surface area contributed by atoms with Crippen molar-refractivity contribution in [1.82, 2.24) is 0 Å². The van der Waals surface area contributed by atoms with E-state index in [1.165, 1.54) is 0 Å². The van der Waals surface area contributed by atoms with Crippen molar-refractivity contribution in [1.29, 1.82) is 0 Å². The highest BCUT2D eigenvalue weighted by Crippen LogP contribution is 2.27. The molecule has 0 fully saturated rings. The summed E-state index contributed by atoms with van der Waals surface area (Å²) in [5, 5.41) is 14.5. The number of methoxy groups -OCH3 is 1. The molecule has 3 aromatic rings. The molecule has 0 aliphatic rings. The van der Waals surface area contributed by atoms with Gasteiger partial charge in [0, 0.05) is 12.1 Å². The summed E-state index contributed by atoms with van der Waals surface area (Å²) in [6.07, 6.45) is 1.58. The summed E-state index contributed by atoms with van der Waals surface area (Å²) in [6, 6.07) is 19.3. The normalized spacial score (nSPS) is 11.6. The summed E-state index contributed by atoms with van der Waals surface area (Å²) in [4.78, 5) is 0. The van der Waals surface area contributed by atoms with Crippen LogP contribution in [0.1, 0.15) is 11.1 Å². The second-order valence-corrected chi connectivity index (χ2v) is 5.19. The van der Waals surface area contributed by atoms with Crippen LogP contribution in [-0.2, 0) is 0 Å². The molecule has 22 heavy (non-hydrogen) atoms. The Morgan fingerprint density at radius 1 is 0.955 bits per heavy atom. The van der Waals surface area contributed by atoms with Gasteiger partial charge >= 0.3 is 0 Å². The Morgan fingerprint density at radius 2 is 1.68 bits per heavy atom. The van der Waals surface area contributed by atoms with Gasteiger partial charge in [0.2, 0.25) is 5.69 Å². The van der Waals surface area contributed by atoms with Crippen LogP contribution in [0.3, 0.4) is 0 Å². The van der Waals surface area contributed by atoms with Crippen LogP contribution in [0.25, 0.3) is 10.8 Å². The summed E-state index contributed by atoms with van der Waals surface area (Å²) in [5.74, 6) is 0.687. The molecule has 3 heteroatoms. The van der Waals surface area contributed by atoms with Gasteiger partial charge < -0.3 is 9.94 Å². The topological polar surface area (TPSA) is 35.3 Å². The van der Waals surface area contributed by atoms with Gasteiger partial charge in [0.1, 0.15) is 5.75 Å². The summed E-state index contributed by atoms with van der Waals surface area (Å²) in [7, 11) is 1.61. The second kappa shape index (κ2) is 5.90. The van der Waals surface area contributed by atoms with Crippen LogP contribution in [0.2, 0.25) is 0 Å². The fourth-order valence-electron chi connectivity index (χ4n) is 2.47. The molecule has 0 saturated carbocycles. The van der Waals surface area contributed by atoms with E-state index < -0.39 is 0 Å². The maximum absolute atomic E-state index is 12.4. The van der Waals surface area contributed by atoms with E-state index in [0.29, 0.717) is 11.4 Å². The molecule has 0 unspecified atom stereocenters. The van der Waals surface area contributed by atoms with E-state index in [1.807, 2.05) is 67.6 Å². The highest BCUT2D eigenvalue weighted by molar-refractivity contribution is 6.01. The molecule has 0 aromatic heterocycles. The molecular weight excluding hydrogens is 274 g/mol. The first-order valence-electron chi connectivity index (χ1n) is 7.12. The van der Waals surface area contributed by atoms with Crippen molar-refractivity contribution in [3.63, 3.8) is 0 Å². The van der Waals surface area contributed by atoms with Crippen LogP contribution in [0.4, 0.5) is 5.69 Å². The highest BCUT2D eigenvalue weighted by Gasteiger charge is 2.10. The monoisotopic (exact) mass is 291 g/mol. The zero-order valence-electron chi connectivity index (χ0n) is 12.6. The van der Waals surface area contributed by atoms with Gasteiger partial charge in [-0.25, -0.2) is 0 Å². The number of nitrogens with zero attached hydrogens (tertiary/aromatic N) is 1. The van der Waals surface area contributed by atoms with Crippen molar-refractivity contribution in [2.45, 2.75) is 6.92 Å². The van der Waals surface area contributed by atoms with Crippen molar-refractivity contribution >= 4 is 22.7 Å². The van der Waals surface area contributed by atoms with Gasteiger partial charge in [0.05, 0.1) is 12.7 Å². The van der Waals surface area contributed by atoms with Crippen molar-refractivity contribution in [2.75, 3.05) is 7.11 Å². The maximum atomic E-state index is 12.4. The Kier molecular flexibility index (Phi) is 3.79. The molecule has 0 atom stereocenters. The van der Waals surface area contributed by atoms with Gasteiger partial charge in [-0.1, -0.05) is 48.0 Å². The predicted octanol–water partition coefficient (Wildman–Crippen LogP) is 4.42. The minimum absolute atomic E-state index is 0.598. The van der Waals surface area contributed by atoms with Crippen LogP contribution in [0.5, 0.6) is 5.75 Å². The molecule has 0 N–H and O–H groups in total. The summed E-state index contributed by atoms with van der Waals surface area (Å²) in [5.41, 5.74) is 2.51. The first-order valence-corrected chi connectivity index (χ1v) is 7.12. The Bertz CT molecular complexity index is 836. The number of ether oxygens (including phenoxy) is 1. The first-order chi connectivity index (χ1) is 10.7. The zero-order valence-corrected chi connectivity index (χ0v) is 12.6. The molecule has 0 aliphatic heterocycles. The smallest absolute Gasteiger partial charge is 0.216 e. The lowest BCUT2D eigenvalue weighted by Gasteiger charge is -2.09. The highest BCUT2D eigenvalue weighted by atomic mass is 16.5. The van der Waals surface area contributed by atoms with Crippen molar-refractivity contribution in [3.8, 4) is 5.75 Å². The standard InChI is InChI=1S/C19H17NO2/c1-14-7-10-16(11-8-14)20(21)13-18-17-6-4-3-5-15(17)9-12-19(18)22-2/h3-13H,1-2H3/b20-13-. The Balaban J connectivity index is 2.16. The molecule has 0 amide bonds. The maximum Gasteiger partial charge on any atom is 0.216 e. The summed E-state index contributed by atoms with van der Waals surface area (Å²) in [6.45, 7) is 2.00. The average molecular weight is 291 g/mol. The Morgan fingerprint density at radius 3 is 2.41 bits per heavy atom. The third-order valence-electron chi connectivity index (χ3n) is 3.69. The molecule has 0 radical (unpaired) electrons. The largest absolute Gasteiger partial charge is 0.618 e. The van der Waals surface area contributed by atoms with Crippen molar-refractivity contribution in [2.24, 2.45) is 0 Å². The molecule has 0 bridgehead atoms. The molecule has 3 nitrogen and oxygen atoms in total. The lowest BCUT2D eigenvalue weighted by Crippen LogP contribution is -2.01. The van der Waals surface area contributed by atoms with Crippen LogP contribution in [0, 0.1) is 12.1 Å². The fraction of sp³-hybridized carbons (Fsp3) is 0.105.